The maximum absolute atomic E-state index is 11.1. The van der Waals surface area contributed by atoms with E-state index in [9.17, 15) is 28.0 Å². The van der Waals surface area contributed by atoms with Gasteiger partial charge in [0.1, 0.15) is 0 Å². The van der Waals surface area contributed by atoms with E-state index in [1.807, 2.05) is 0 Å². The molecule has 0 aliphatic carbocycles. The van der Waals surface area contributed by atoms with E-state index in [0.717, 1.165) is 0 Å². The molecule has 0 spiro atoms. The normalized spacial score (nSPS) is 15.8. The fraction of sp³-hybridized carbons (Fsp3) is 0.222. The van der Waals surface area contributed by atoms with Gasteiger partial charge in [-0.25, -0.2) is 0 Å². The molecule has 52 heavy (non-hydrogen) atoms. The van der Waals surface area contributed by atoms with Crippen molar-refractivity contribution >= 4 is 58.4 Å². The Morgan fingerprint density at radius 2 is 0.596 bits per heavy atom. The van der Waals surface area contributed by atoms with Crippen LogP contribution in [-0.4, -0.2) is 23.0 Å². The van der Waals surface area contributed by atoms with Crippen molar-refractivity contribution in [2.75, 3.05) is 23.0 Å². The fourth-order valence-electron chi connectivity index (χ4n) is 4.98. The second-order valence-electron chi connectivity index (χ2n) is 11.7. The van der Waals surface area contributed by atoms with Gasteiger partial charge in [-0.3, -0.25) is 0 Å². The number of benzene rings is 4. The molecule has 2 aliphatic heterocycles. The second-order valence-corrected chi connectivity index (χ2v) is 24.5. The van der Waals surface area contributed by atoms with E-state index in [-0.39, 0.29) is 44.8 Å². The third kappa shape index (κ3) is 15.6. The van der Waals surface area contributed by atoms with Crippen LogP contribution in [0.25, 0.3) is 0 Å². The van der Waals surface area contributed by atoms with Gasteiger partial charge >= 0.3 is 239 Å². The first-order valence-corrected chi connectivity index (χ1v) is 25.4. The molecule has 2 saturated heterocycles. The van der Waals surface area contributed by atoms with Crippen LogP contribution in [0.5, 0.6) is 0 Å². The molecule has 2 aliphatic rings. The van der Waals surface area contributed by atoms with Crippen LogP contribution in [0.4, 0.5) is 0 Å². The van der Waals surface area contributed by atoms with Crippen molar-refractivity contribution in [2.45, 2.75) is 25.7 Å². The molecule has 2 heterocycles. The molecule has 2 fully saturated rings. The van der Waals surface area contributed by atoms with Crippen LogP contribution in [0.2, 0.25) is 0 Å². The second kappa shape index (κ2) is 22.2. The maximum atomic E-state index is 11.1. The average molecular weight is 1200 g/mol. The standard InChI is InChI=1S/2C14H14ClO4P.2C4H8S.2Au/c2*1-20(2,19-15(16,17)18,13-9-5-3-6-10-13)14-11-7-4-8-12-14;2*1-2-4-5-3-1;;/h2*3-12H,1-2H2;2*1-4H2;;/q2*-2;;;;. The topological polar surface area (TPSA) is 157 Å². The molecular formula is C36H44Au2Cl2O8P2S2-4. The Kier molecular flexibility index (Phi) is 21.4. The summed E-state index contributed by atoms with van der Waals surface area (Å²) in [4.78, 5) is 0. The van der Waals surface area contributed by atoms with Crippen molar-refractivity contribution in [3.05, 3.63) is 148 Å². The molecule has 2 radical (unpaired) electrons. The summed E-state index contributed by atoms with van der Waals surface area (Å²) < 4.78 is 76.6. The summed E-state index contributed by atoms with van der Waals surface area (Å²) in [5.41, 5.74) is 0. The molecule has 8 nitrogen and oxygen atoms in total. The van der Waals surface area contributed by atoms with Crippen molar-refractivity contribution in [2.24, 2.45) is 0 Å². The van der Waals surface area contributed by atoms with Crippen LogP contribution in [0.15, 0.2) is 121 Å². The Labute approximate surface area is 353 Å². The molecule has 4 aromatic carbocycles. The Morgan fingerprint density at radius 3 is 0.731 bits per heavy atom. The van der Waals surface area contributed by atoms with Crippen LogP contribution in [-0.2, 0) is 52.9 Å². The van der Waals surface area contributed by atoms with E-state index in [1.54, 1.807) is 121 Å². The summed E-state index contributed by atoms with van der Waals surface area (Å²) in [6.07, 6.45) is 5.85. The first kappa shape index (κ1) is 50.2. The summed E-state index contributed by atoms with van der Waals surface area (Å²) in [6, 6.07) is 34.1. The number of hydrogen-bond acceptors (Lipinski definition) is 10. The zero-order valence-corrected chi connectivity index (χ0v) is 37.6. The Balaban J connectivity index is 0.000000397. The number of halogens is 2. The molecule has 0 atom stereocenters. The van der Waals surface area contributed by atoms with E-state index in [4.69, 9.17) is 8.15 Å². The van der Waals surface area contributed by atoms with Gasteiger partial charge in [-0.2, -0.15) is 23.5 Å². The fourth-order valence-corrected chi connectivity index (χ4v) is 15.6. The van der Waals surface area contributed by atoms with Gasteiger partial charge in [-0.1, -0.05) is 0 Å². The number of rotatable bonds is 8. The Bertz CT molecular complexity index is 1340. The van der Waals surface area contributed by atoms with E-state index in [1.165, 1.54) is 48.7 Å². The quantitative estimate of drug-likeness (QED) is 0.146. The summed E-state index contributed by atoms with van der Waals surface area (Å²) in [5, 5.41) is 1.93. The van der Waals surface area contributed by atoms with E-state index in [2.05, 4.69) is 50.2 Å². The van der Waals surface area contributed by atoms with Crippen molar-refractivity contribution in [3.63, 3.8) is 0 Å². The SMILES string of the molecule is C1CCSC1.C1CCSC1.[Au].[Au].[CH2-]P([CH2-])(O[Cl+3]([O-])([O-])[O-])(c1ccccc1)c1ccccc1.[CH2-]P([CH2-])(O[Cl+3]([O-])([O-])[O-])(c1ccccc1)c1ccccc1. The molecule has 0 unspecified atom stereocenters. The average Bonchev–Trinajstić information content (AvgIpc) is 3.86. The Hall–Kier alpha value is 0.181. The van der Waals surface area contributed by atoms with Gasteiger partial charge in [0.2, 0.25) is 0 Å². The molecule has 4 aromatic rings. The van der Waals surface area contributed by atoms with E-state index >= 15 is 0 Å². The minimum absolute atomic E-state index is 0. The van der Waals surface area contributed by atoms with Gasteiger partial charge in [0.25, 0.3) is 0 Å². The Morgan fingerprint density at radius 1 is 0.404 bits per heavy atom. The van der Waals surface area contributed by atoms with E-state index in [0.29, 0.717) is 21.2 Å². The zero-order valence-electron chi connectivity index (χ0n) is 28.4. The molecule has 0 N–H and O–H groups in total. The number of hydrogen-bond donors (Lipinski definition) is 0. The molecule has 298 valence electrons. The predicted molar refractivity (Wildman–Crippen MR) is 195 cm³/mol. The molecule has 16 heteroatoms. The minimum atomic E-state index is -4.66. The summed E-state index contributed by atoms with van der Waals surface area (Å²) in [6.45, 7) is 7.67. The van der Waals surface area contributed by atoms with Gasteiger partial charge in [0, 0.05) is 44.8 Å². The van der Waals surface area contributed by atoms with Crippen molar-refractivity contribution in [1.29, 1.82) is 0 Å². The van der Waals surface area contributed by atoms with Gasteiger partial charge < -0.3 is 0 Å². The van der Waals surface area contributed by atoms with Crippen LogP contribution >= 0.6 is 37.2 Å². The van der Waals surface area contributed by atoms with Gasteiger partial charge in [-0.15, -0.1) is 0 Å². The molecule has 0 amide bonds. The third-order valence-electron chi connectivity index (χ3n) is 7.58. The van der Waals surface area contributed by atoms with Crippen LogP contribution in [0, 0.1) is 47.1 Å². The predicted octanol–water partition coefficient (Wildman–Crippen LogP) is 2.23. The van der Waals surface area contributed by atoms with Crippen LogP contribution in [0.1, 0.15) is 25.7 Å². The van der Waals surface area contributed by atoms with Crippen molar-refractivity contribution in [1.82, 2.24) is 0 Å². The molecule has 0 bridgehead atoms. The molecular weight excluding hydrogens is 1150 g/mol. The molecule has 0 saturated carbocycles. The monoisotopic (exact) mass is 1190 g/mol. The van der Waals surface area contributed by atoms with Gasteiger partial charge in [0.05, 0.1) is 0 Å². The van der Waals surface area contributed by atoms with E-state index < -0.39 is 34.1 Å². The van der Waals surface area contributed by atoms with Crippen molar-refractivity contribution in [3.8, 4) is 0 Å². The molecule has 6 rings (SSSR count). The third-order valence-corrected chi connectivity index (χ3v) is 19.9. The van der Waals surface area contributed by atoms with Crippen molar-refractivity contribution < 1.29 is 101 Å². The van der Waals surface area contributed by atoms with Gasteiger partial charge in [-0.05, 0) is 48.7 Å². The van der Waals surface area contributed by atoms with Crippen LogP contribution < -0.4 is 49.2 Å². The first-order chi connectivity index (χ1) is 23.4. The van der Waals surface area contributed by atoms with Gasteiger partial charge in [0.15, 0.2) is 0 Å². The number of thioether (sulfide) groups is 2. The first-order valence-electron chi connectivity index (χ1n) is 15.6. The summed E-state index contributed by atoms with van der Waals surface area (Å²) in [7, 11) is -9.31. The van der Waals surface area contributed by atoms with Crippen LogP contribution in [0.3, 0.4) is 0 Å². The zero-order chi connectivity index (χ0) is 36.8. The summed E-state index contributed by atoms with van der Waals surface area (Å²) >= 11 is 4.15. The molecule has 0 aromatic heterocycles. The summed E-state index contributed by atoms with van der Waals surface area (Å²) in [5.74, 6) is 5.67.